The second-order valence-electron chi connectivity index (χ2n) is 5.44. The molecule has 3 aromatic rings. The first-order valence-electron chi connectivity index (χ1n) is 7.56. The average Bonchev–Trinajstić information content (AvgIpc) is 3.12. The number of aromatic nitrogens is 2. The van der Waals surface area contributed by atoms with Crippen molar-refractivity contribution < 1.29 is 14.5 Å². The van der Waals surface area contributed by atoms with Crippen LogP contribution in [-0.4, -0.2) is 26.5 Å². The topological polar surface area (TPSA) is 133 Å². The van der Waals surface area contributed by atoms with Crippen molar-refractivity contribution in [3.63, 3.8) is 0 Å². The lowest BCUT2D eigenvalue weighted by Gasteiger charge is -2.06. The lowest BCUT2D eigenvalue weighted by molar-refractivity contribution is -0.384. The average molecular weight is 386 g/mol. The Labute approximate surface area is 157 Å². The zero-order chi connectivity index (χ0) is 19.6. The van der Waals surface area contributed by atoms with Crippen LogP contribution in [-0.2, 0) is 0 Å². The molecule has 0 spiro atoms. The van der Waals surface area contributed by atoms with Crippen molar-refractivity contribution in [1.29, 1.82) is 0 Å². The van der Waals surface area contributed by atoms with E-state index in [2.05, 4.69) is 10.4 Å². The molecule has 3 N–H and O–H groups in total. The summed E-state index contributed by atoms with van der Waals surface area (Å²) in [6.07, 6.45) is 1.51. The molecule has 0 aliphatic rings. The molecule has 0 saturated carbocycles. The van der Waals surface area contributed by atoms with Gasteiger partial charge in [-0.2, -0.15) is 5.10 Å². The Morgan fingerprint density at radius 3 is 2.63 bits per heavy atom. The minimum atomic E-state index is -0.673. The number of nitrogens with zero attached hydrogens (tertiary/aromatic N) is 3. The zero-order valence-corrected chi connectivity index (χ0v) is 14.4. The molecule has 136 valence electrons. The van der Waals surface area contributed by atoms with Gasteiger partial charge in [0.1, 0.15) is 0 Å². The molecule has 9 nitrogen and oxygen atoms in total. The first-order valence-corrected chi connectivity index (χ1v) is 7.94. The van der Waals surface area contributed by atoms with Crippen molar-refractivity contribution in [2.24, 2.45) is 5.73 Å². The van der Waals surface area contributed by atoms with Crippen LogP contribution in [0, 0.1) is 10.1 Å². The first-order chi connectivity index (χ1) is 12.8. The highest BCUT2D eigenvalue weighted by molar-refractivity contribution is 6.34. The number of primary amides is 1. The number of nitrogens with two attached hydrogens (primary N) is 1. The van der Waals surface area contributed by atoms with Crippen molar-refractivity contribution >= 4 is 34.8 Å². The lowest BCUT2D eigenvalue weighted by atomic mass is 10.2. The minimum absolute atomic E-state index is 0.0850. The standard InChI is InChI=1S/C17H12ClN5O4/c18-14-8-10(4-5-13(14)16(19)24)20-17(25)15-6-7-22(21-15)11-2-1-3-12(9-11)23(26)27/h1-9H,(H2,19,24)(H,20,25). The molecule has 0 saturated heterocycles. The van der Waals surface area contributed by atoms with Gasteiger partial charge >= 0.3 is 0 Å². The number of carbonyl (C=O) groups excluding carboxylic acids is 2. The van der Waals surface area contributed by atoms with Gasteiger partial charge in [-0.05, 0) is 30.3 Å². The van der Waals surface area contributed by atoms with E-state index in [1.165, 1.54) is 53.3 Å². The van der Waals surface area contributed by atoms with Gasteiger partial charge in [0.25, 0.3) is 11.6 Å². The van der Waals surface area contributed by atoms with Gasteiger partial charge in [0.2, 0.25) is 5.91 Å². The van der Waals surface area contributed by atoms with Gasteiger partial charge in [-0.25, -0.2) is 4.68 Å². The highest BCUT2D eigenvalue weighted by Crippen LogP contribution is 2.21. The molecule has 2 amide bonds. The van der Waals surface area contributed by atoms with Crippen molar-refractivity contribution in [1.82, 2.24) is 9.78 Å². The number of nitro groups is 1. The number of hydrogen-bond acceptors (Lipinski definition) is 5. The second kappa shape index (κ2) is 7.26. The quantitative estimate of drug-likeness (QED) is 0.514. The van der Waals surface area contributed by atoms with Crippen LogP contribution in [0.2, 0.25) is 5.02 Å². The van der Waals surface area contributed by atoms with E-state index in [-0.39, 0.29) is 22.0 Å². The van der Waals surface area contributed by atoms with Gasteiger partial charge in [-0.15, -0.1) is 0 Å². The summed E-state index contributed by atoms with van der Waals surface area (Å²) in [4.78, 5) is 33.9. The molecule has 0 radical (unpaired) electrons. The van der Waals surface area contributed by atoms with Crippen LogP contribution in [0.3, 0.4) is 0 Å². The van der Waals surface area contributed by atoms with Gasteiger partial charge in [0.05, 0.1) is 21.2 Å². The van der Waals surface area contributed by atoms with E-state index in [4.69, 9.17) is 17.3 Å². The maximum atomic E-state index is 12.3. The largest absolute Gasteiger partial charge is 0.366 e. The molecule has 2 aromatic carbocycles. The Kier molecular flexibility index (Phi) is 4.86. The number of non-ortho nitro benzene ring substituents is 1. The van der Waals surface area contributed by atoms with E-state index < -0.39 is 16.7 Å². The molecule has 3 rings (SSSR count). The molecule has 0 atom stereocenters. The molecule has 27 heavy (non-hydrogen) atoms. The van der Waals surface area contributed by atoms with Crippen molar-refractivity contribution in [3.05, 3.63) is 81.1 Å². The molecule has 0 aliphatic carbocycles. The Balaban J connectivity index is 1.79. The van der Waals surface area contributed by atoms with Crippen LogP contribution in [0.25, 0.3) is 5.69 Å². The lowest BCUT2D eigenvalue weighted by Crippen LogP contribution is -2.14. The third kappa shape index (κ3) is 3.93. The fourth-order valence-corrected chi connectivity index (χ4v) is 2.60. The summed E-state index contributed by atoms with van der Waals surface area (Å²) < 4.78 is 1.35. The first kappa shape index (κ1) is 18.1. The Morgan fingerprint density at radius 1 is 1.19 bits per heavy atom. The third-order valence-electron chi connectivity index (χ3n) is 3.62. The number of rotatable bonds is 5. The maximum absolute atomic E-state index is 12.3. The molecule has 0 bridgehead atoms. The normalized spacial score (nSPS) is 10.4. The van der Waals surface area contributed by atoms with Crippen molar-refractivity contribution in [3.8, 4) is 5.69 Å². The predicted molar refractivity (Wildman–Crippen MR) is 98.1 cm³/mol. The number of halogens is 1. The summed E-state index contributed by atoms with van der Waals surface area (Å²) in [5.74, 6) is -1.18. The van der Waals surface area contributed by atoms with E-state index in [0.717, 1.165) is 0 Å². The Hall–Kier alpha value is -3.72. The second-order valence-corrected chi connectivity index (χ2v) is 5.84. The van der Waals surface area contributed by atoms with E-state index in [9.17, 15) is 19.7 Å². The van der Waals surface area contributed by atoms with Crippen molar-refractivity contribution in [2.45, 2.75) is 0 Å². The van der Waals surface area contributed by atoms with Crippen LogP contribution >= 0.6 is 11.6 Å². The molecule has 10 heteroatoms. The number of hydrogen-bond donors (Lipinski definition) is 2. The van der Waals surface area contributed by atoms with E-state index >= 15 is 0 Å². The SMILES string of the molecule is NC(=O)c1ccc(NC(=O)c2ccn(-c3cccc([N+](=O)[O-])c3)n2)cc1Cl. The number of amides is 2. The number of anilines is 1. The number of nitrogens with one attached hydrogen (secondary N) is 1. The number of benzene rings is 2. The predicted octanol–water partition coefficient (Wildman–Crippen LogP) is 2.79. The fraction of sp³-hybridized carbons (Fsp3) is 0. The highest BCUT2D eigenvalue weighted by Gasteiger charge is 2.14. The van der Waals surface area contributed by atoms with Crippen molar-refractivity contribution in [2.75, 3.05) is 5.32 Å². The number of nitro benzene ring substituents is 1. The van der Waals surface area contributed by atoms with Gasteiger partial charge < -0.3 is 11.1 Å². The summed E-state index contributed by atoms with van der Waals surface area (Å²) in [6.45, 7) is 0. The van der Waals surface area contributed by atoms with Crippen LogP contribution in [0.4, 0.5) is 11.4 Å². The molecule has 1 heterocycles. The number of carbonyl (C=O) groups is 2. The molecular formula is C17H12ClN5O4. The molecule has 1 aromatic heterocycles. The van der Waals surface area contributed by atoms with E-state index in [1.807, 2.05) is 0 Å². The van der Waals surface area contributed by atoms with Gasteiger partial charge in [0.15, 0.2) is 5.69 Å². The summed E-state index contributed by atoms with van der Waals surface area (Å²) in [6, 6.07) is 11.6. The molecule has 0 fully saturated rings. The highest BCUT2D eigenvalue weighted by atomic mass is 35.5. The summed E-state index contributed by atoms with van der Waals surface area (Å²) in [5.41, 5.74) is 6.13. The molecule has 0 aliphatic heterocycles. The molecule has 0 unspecified atom stereocenters. The smallest absolute Gasteiger partial charge is 0.276 e. The monoisotopic (exact) mass is 385 g/mol. The maximum Gasteiger partial charge on any atom is 0.276 e. The minimum Gasteiger partial charge on any atom is -0.366 e. The summed E-state index contributed by atoms with van der Waals surface area (Å²) >= 11 is 5.95. The summed E-state index contributed by atoms with van der Waals surface area (Å²) in [7, 11) is 0. The van der Waals surface area contributed by atoms with Crippen LogP contribution in [0.15, 0.2) is 54.7 Å². The van der Waals surface area contributed by atoms with Gasteiger partial charge in [0, 0.05) is 24.0 Å². The van der Waals surface area contributed by atoms with E-state index in [1.54, 1.807) is 6.07 Å². The van der Waals surface area contributed by atoms with Gasteiger partial charge in [-0.1, -0.05) is 17.7 Å². The molecular weight excluding hydrogens is 374 g/mol. The van der Waals surface area contributed by atoms with E-state index in [0.29, 0.717) is 11.4 Å². The van der Waals surface area contributed by atoms with Crippen LogP contribution in [0.1, 0.15) is 20.8 Å². The summed E-state index contributed by atoms with van der Waals surface area (Å²) in [5, 5.41) is 17.7. The van der Waals surface area contributed by atoms with Gasteiger partial charge in [-0.3, -0.25) is 19.7 Å². The Bertz CT molecular complexity index is 1060. The Morgan fingerprint density at radius 2 is 1.96 bits per heavy atom. The van der Waals surface area contributed by atoms with Crippen LogP contribution in [0.5, 0.6) is 0 Å². The zero-order valence-electron chi connectivity index (χ0n) is 13.6. The van der Waals surface area contributed by atoms with Crippen LogP contribution < -0.4 is 11.1 Å². The fourth-order valence-electron chi connectivity index (χ4n) is 2.33. The third-order valence-corrected chi connectivity index (χ3v) is 3.93.